The van der Waals surface area contributed by atoms with Crippen LogP contribution in [0.5, 0.6) is 80.5 Å². The van der Waals surface area contributed by atoms with Gasteiger partial charge in [-0.25, -0.2) is 14.3 Å². The molecule has 30 heteroatoms. The van der Waals surface area contributed by atoms with Crippen molar-refractivity contribution in [2.45, 2.75) is 45.5 Å². The van der Waals surface area contributed by atoms with E-state index in [0.717, 1.165) is 105 Å². The predicted molar refractivity (Wildman–Crippen MR) is 498 cm³/mol. The number of carbonyl (C=O) groups is 4. The number of thiophene rings is 4. The lowest BCUT2D eigenvalue weighted by Crippen LogP contribution is -2.26. The number of amides is 3. The van der Waals surface area contributed by atoms with E-state index in [9.17, 15) is 84.9 Å². The van der Waals surface area contributed by atoms with Crippen LogP contribution in [0.15, 0.2) is 285 Å². The molecular formula is C101H77F8N3O15S4. The number of phenols is 6. The SMILES string of the molecule is CCC(=O)/C=C/c1ccc(Oc2c(-c3ccc(O)cc3)sc3cc(O)ccc23)cc1.Cc1cc(F)ccc1-c1sc2cc(O)ccc2c1Oc1ccc(/C=C/C(=O)NO)cc1.O=C(/C=C/c1ccc(Oc2c(-c3ccc(F)cc3)sc3cc(O)ccc23)cc1)NCCC(F)(F)F.O=C(/C=C/c1ccc(Oc2c(-c3ccc(O)cc3)sc3cc(O)ccc23)cc1)NCCC(F)(F)F. The molecule has 0 fully saturated rings. The molecule has 0 atom stereocenters. The van der Waals surface area contributed by atoms with Crippen LogP contribution in [0.2, 0.25) is 0 Å². The molecule has 0 saturated heterocycles. The summed E-state index contributed by atoms with van der Waals surface area (Å²) in [5.74, 6) is 3.31. The van der Waals surface area contributed by atoms with E-state index in [1.165, 1.54) is 99.4 Å². The van der Waals surface area contributed by atoms with Crippen LogP contribution in [0, 0.1) is 18.6 Å². The average molecular weight is 1850 g/mol. The van der Waals surface area contributed by atoms with Crippen molar-refractivity contribution in [3.05, 3.63) is 325 Å². The van der Waals surface area contributed by atoms with Gasteiger partial charge in [-0.15, -0.1) is 45.3 Å². The van der Waals surface area contributed by atoms with E-state index in [0.29, 0.717) is 63.5 Å². The number of fused-ring (bicyclic) bond motifs is 4. The van der Waals surface area contributed by atoms with Gasteiger partial charge in [-0.05, 0) is 275 Å². The topological polar surface area (TPSA) is 283 Å². The van der Waals surface area contributed by atoms with Crippen molar-refractivity contribution in [2.24, 2.45) is 0 Å². The molecule has 16 rings (SSSR count). The van der Waals surface area contributed by atoms with Gasteiger partial charge in [-0.1, -0.05) is 79.7 Å². The standard InChI is InChI=1S/C26H19F4NO3S.C26H20F3NO4S.C25H20O4S.C24H18FNO4S/c27-18-6-4-17(5-7-18)25-24(21-11-8-19(32)15-22(21)35-25)34-20-9-1-16(2-10-20)3-12-23(33)31-14-13-26(28,29)30;27-26(28,29)13-14-30-23(33)12-3-16-1-9-20(10-2-16)34-24-21-11-8-19(32)15-22(21)35-25(24)17-4-6-18(31)7-5-17;1-2-18(26)8-3-16-4-12-21(13-5-16)29-24-22-14-11-20(28)15-23(22)30-25(24)17-6-9-19(27)10-7-17;1-14-12-16(25)5-9-19(14)24-23(20-10-6-17(27)13-21(20)31-24)30-18-7-2-15(3-8-18)4-11-22(28)26-29/h1-12,15,32H,13-14H2,(H,31,33);1-12,15,31-32H,13-14H2,(H,30,33);3-15,27-28H,2H2,1H3;2-13,27,29H,1H3,(H,26,28)/b2*12-3+;8-3+;11-4+. The van der Waals surface area contributed by atoms with Gasteiger partial charge in [0.25, 0.3) is 5.91 Å². The minimum atomic E-state index is -4.32. The number of hydrogen-bond donors (Lipinski definition) is 10. The molecule has 16 aromatic rings. The number of ether oxygens (including phenoxy) is 4. The lowest BCUT2D eigenvalue weighted by molar-refractivity contribution is -0.136. The number of ketones is 1. The molecule has 0 radical (unpaired) electrons. The van der Waals surface area contributed by atoms with Crippen molar-refractivity contribution >= 4 is 134 Å². The Labute approximate surface area is 759 Å². The van der Waals surface area contributed by atoms with Gasteiger partial charge in [0.2, 0.25) is 11.8 Å². The molecule has 131 heavy (non-hydrogen) atoms. The van der Waals surface area contributed by atoms with Gasteiger partial charge in [0.1, 0.15) is 69.1 Å². The summed E-state index contributed by atoms with van der Waals surface area (Å²) in [4.78, 5) is 49.3. The summed E-state index contributed by atoms with van der Waals surface area (Å²) in [6.07, 6.45) is 1.15. The third kappa shape index (κ3) is 25.9. The van der Waals surface area contributed by atoms with Crippen LogP contribution in [-0.2, 0) is 19.2 Å². The van der Waals surface area contributed by atoms with Crippen molar-refractivity contribution in [3.63, 3.8) is 0 Å². The average Bonchev–Trinajstić information content (AvgIpc) is 1.65. The monoisotopic (exact) mass is 1850 g/mol. The maximum absolute atomic E-state index is 13.6. The van der Waals surface area contributed by atoms with Crippen molar-refractivity contribution in [1.82, 2.24) is 16.1 Å². The van der Waals surface area contributed by atoms with Crippen LogP contribution in [0.4, 0.5) is 35.1 Å². The van der Waals surface area contributed by atoms with Crippen LogP contribution in [-0.4, -0.2) is 84.8 Å². The number of nitrogens with one attached hydrogen (secondary N) is 3. The molecule has 0 aliphatic carbocycles. The fourth-order valence-corrected chi connectivity index (χ4v) is 17.6. The number of alkyl halides is 6. The van der Waals surface area contributed by atoms with Gasteiger partial charge in [0.15, 0.2) is 28.8 Å². The molecule has 4 heterocycles. The summed E-state index contributed by atoms with van der Waals surface area (Å²) in [5.41, 5.74) is 8.69. The van der Waals surface area contributed by atoms with Crippen molar-refractivity contribution in [1.29, 1.82) is 0 Å². The van der Waals surface area contributed by atoms with Gasteiger partial charge in [0, 0.05) is 78.1 Å². The van der Waals surface area contributed by atoms with E-state index >= 15 is 0 Å². The summed E-state index contributed by atoms with van der Waals surface area (Å²) in [5, 5.41) is 75.0. The number of aromatic hydroxyl groups is 6. The third-order valence-electron chi connectivity index (χ3n) is 19.3. The number of allylic oxidation sites excluding steroid dienone is 1. The summed E-state index contributed by atoms with van der Waals surface area (Å²) in [6.45, 7) is 2.71. The third-order valence-corrected chi connectivity index (χ3v) is 24.0. The highest BCUT2D eigenvalue weighted by Crippen LogP contribution is 2.52. The van der Waals surface area contributed by atoms with Crippen LogP contribution < -0.4 is 35.1 Å². The summed E-state index contributed by atoms with van der Waals surface area (Å²) in [6, 6.07) is 72.8. The normalized spacial score (nSPS) is 11.5. The lowest BCUT2D eigenvalue weighted by atomic mass is 10.1. The first kappa shape index (κ1) is 93.6. The molecule has 666 valence electrons. The van der Waals surface area contributed by atoms with E-state index in [1.807, 2.05) is 56.3 Å². The zero-order chi connectivity index (χ0) is 93.0. The van der Waals surface area contributed by atoms with Crippen LogP contribution in [0.1, 0.15) is 54.0 Å². The molecular weight excluding hydrogens is 1780 g/mol. The Bertz CT molecular complexity index is 6680. The second-order valence-electron chi connectivity index (χ2n) is 28.9. The van der Waals surface area contributed by atoms with Crippen LogP contribution >= 0.6 is 45.3 Å². The molecule has 0 aliphatic heterocycles. The Morgan fingerprint density at radius 3 is 0.931 bits per heavy atom. The van der Waals surface area contributed by atoms with Crippen molar-refractivity contribution in [2.75, 3.05) is 13.1 Å². The number of rotatable bonds is 25. The summed E-state index contributed by atoms with van der Waals surface area (Å²) >= 11 is 5.83. The van der Waals surface area contributed by atoms with Gasteiger partial charge in [-0.3, -0.25) is 24.4 Å². The molecule has 12 aromatic carbocycles. The second-order valence-corrected chi connectivity index (χ2v) is 33.2. The highest BCUT2D eigenvalue weighted by Gasteiger charge is 2.29. The molecule has 0 saturated carbocycles. The first-order chi connectivity index (χ1) is 62.8. The quantitative estimate of drug-likeness (QED) is 0.0110. The second kappa shape index (κ2) is 42.7. The Hall–Kier alpha value is -15.1. The molecule has 0 unspecified atom stereocenters. The molecule has 18 nitrogen and oxygen atoms in total. The van der Waals surface area contributed by atoms with Crippen LogP contribution in [0.25, 0.3) is 106 Å². The number of benzene rings is 12. The predicted octanol–water partition coefficient (Wildman–Crippen LogP) is 26.9. The first-order valence-corrected chi connectivity index (χ1v) is 43.2. The van der Waals surface area contributed by atoms with Gasteiger partial charge >= 0.3 is 12.4 Å². The molecule has 10 N–H and O–H groups in total. The smallest absolute Gasteiger partial charge is 0.390 e. The number of carbonyl (C=O) groups excluding carboxylic acids is 4. The molecule has 0 spiro atoms. The van der Waals surface area contributed by atoms with E-state index in [1.54, 1.807) is 212 Å². The molecule has 0 aliphatic rings. The van der Waals surface area contributed by atoms with Gasteiger partial charge < -0.3 is 60.2 Å². The Morgan fingerprint density at radius 1 is 0.344 bits per heavy atom. The molecule has 3 amide bonds. The van der Waals surface area contributed by atoms with Crippen LogP contribution in [0.3, 0.4) is 0 Å². The number of halogens is 8. The maximum Gasteiger partial charge on any atom is 0.390 e. The number of hydrogen-bond acceptors (Lipinski definition) is 19. The zero-order valence-electron chi connectivity index (χ0n) is 69.0. The summed E-state index contributed by atoms with van der Waals surface area (Å²) < 4.78 is 128. The molecule has 4 aromatic heterocycles. The fourth-order valence-electron chi connectivity index (χ4n) is 12.8. The van der Waals surface area contributed by atoms with Crippen molar-refractivity contribution < 1.29 is 109 Å². The Morgan fingerprint density at radius 2 is 0.626 bits per heavy atom. The van der Waals surface area contributed by atoms with E-state index in [-0.39, 0.29) is 51.9 Å². The highest BCUT2D eigenvalue weighted by atomic mass is 32.1. The van der Waals surface area contributed by atoms with E-state index < -0.39 is 56.0 Å². The minimum Gasteiger partial charge on any atom is -0.508 e. The molecule has 0 bridgehead atoms. The van der Waals surface area contributed by atoms with Gasteiger partial charge in [-0.2, -0.15) is 26.3 Å². The van der Waals surface area contributed by atoms with Gasteiger partial charge in [0.05, 0.1) is 32.4 Å². The zero-order valence-corrected chi connectivity index (χ0v) is 72.3. The number of phenolic OH excluding ortho intramolecular Hbond substituents is 6. The largest absolute Gasteiger partial charge is 0.508 e. The highest BCUT2D eigenvalue weighted by molar-refractivity contribution is 7.24. The minimum absolute atomic E-state index is 0.0851. The summed E-state index contributed by atoms with van der Waals surface area (Å²) in [7, 11) is 0. The fraction of sp³-hybridized carbons (Fsp3) is 0.0891. The Balaban J connectivity index is 0.000000149. The number of hydroxylamine groups is 1. The number of aryl methyl sites for hydroxylation is 1. The van der Waals surface area contributed by atoms with E-state index in [4.69, 9.17) is 24.2 Å². The Kier molecular flexibility index (Phi) is 30.5. The lowest BCUT2D eigenvalue weighted by Gasteiger charge is -2.10. The maximum atomic E-state index is 13.6. The van der Waals surface area contributed by atoms with E-state index in [2.05, 4.69) is 10.6 Å². The van der Waals surface area contributed by atoms with Crippen molar-refractivity contribution in [3.8, 4) is 122 Å². The first-order valence-electron chi connectivity index (χ1n) is 40.0.